The summed E-state index contributed by atoms with van der Waals surface area (Å²) in [5.41, 5.74) is 2.17. The highest BCUT2D eigenvalue weighted by Gasteiger charge is 2.23. The van der Waals surface area contributed by atoms with Crippen LogP contribution < -0.4 is 9.64 Å². The molecule has 3 heterocycles. The van der Waals surface area contributed by atoms with Gasteiger partial charge in [-0.2, -0.15) is 0 Å². The zero-order valence-corrected chi connectivity index (χ0v) is 17.6. The van der Waals surface area contributed by atoms with Crippen molar-refractivity contribution in [1.82, 2.24) is 14.9 Å². The smallest absolute Gasteiger partial charge is 0.141 e. The van der Waals surface area contributed by atoms with Gasteiger partial charge in [0.2, 0.25) is 0 Å². The summed E-state index contributed by atoms with van der Waals surface area (Å²) in [6, 6.07) is 4.71. The van der Waals surface area contributed by atoms with Crippen molar-refractivity contribution in [1.29, 1.82) is 0 Å². The number of methoxy groups -OCH3 is 1. The third-order valence-corrected chi connectivity index (χ3v) is 6.53. The van der Waals surface area contributed by atoms with E-state index in [1.807, 2.05) is 6.92 Å². The standard InChI is InChI=1S/C21H25FN4OS/c1-13-14(2)28-21-19(13)20(23-15(3)24-21)26-9-7-25(8-10-26)12-16-11-17(22)5-6-18(16)27-4/h5-6,11H,7-10,12H2,1-4H3. The van der Waals surface area contributed by atoms with Gasteiger partial charge < -0.3 is 9.64 Å². The summed E-state index contributed by atoms with van der Waals surface area (Å²) in [5.74, 6) is 2.38. The van der Waals surface area contributed by atoms with Gasteiger partial charge >= 0.3 is 0 Å². The Morgan fingerprint density at radius 3 is 2.57 bits per heavy atom. The first kappa shape index (κ1) is 19.1. The predicted molar refractivity (Wildman–Crippen MR) is 112 cm³/mol. The first-order valence-electron chi connectivity index (χ1n) is 9.50. The van der Waals surface area contributed by atoms with Crippen LogP contribution >= 0.6 is 11.3 Å². The highest BCUT2D eigenvalue weighted by Crippen LogP contribution is 2.35. The molecule has 0 N–H and O–H groups in total. The molecule has 0 bridgehead atoms. The fraction of sp³-hybridized carbons (Fsp3) is 0.429. The van der Waals surface area contributed by atoms with Crippen LogP contribution in [0.4, 0.5) is 10.2 Å². The molecule has 1 saturated heterocycles. The topological polar surface area (TPSA) is 41.5 Å². The van der Waals surface area contributed by atoms with Crippen molar-refractivity contribution in [3.05, 3.63) is 45.8 Å². The van der Waals surface area contributed by atoms with Crippen LogP contribution in [0.2, 0.25) is 0 Å². The minimum atomic E-state index is -0.225. The summed E-state index contributed by atoms with van der Waals surface area (Å²) in [7, 11) is 1.63. The predicted octanol–water partition coefficient (Wildman–Crippen LogP) is 4.09. The van der Waals surface area contributed by atoms with E-state index in [1.165, 1.54) is 21.9 Å². The molecular weight excluding hydrogens is 375 g/mol. The van der Waals surface area contributed by atoms with Crippen LogP contribution in [0.5, 0.6) is 5.75 Å². The first-order chi connectivity index (χ1) is 13.5. The van der Waals surface area contributed by atoms with Gasteiger partial charge in [0.25, 0.3) is 0 Å². The van der Waals surface area contributed by atoms with E-state index in [4.69, 9.17) is 9.72 Å². The number of hydrogen-bond acceptors (Lipinski definition) is 6. The molecule has 0 radical (unpaired) electrons. The fourth-order valence-corrected chi connectivity index (χ4v) is 4.86. The van der Waals surface area contributed by atoms with E-state index >= 15 is 0 Å². The van der Waals surface area contributed by atoms with Gasteiger partial charge in [0, 0.05) is 43.2 Å². The molecule has 5 nitrogen and oxygen atoms in total. The molecule has 1 aromatic carbocycles. The van der Waals surface area contributed by atoms with Crippen LogP contribution in [0.15, 0.2) is 18.2 Å². The summed E-state index contributed by atoms with van der Waals surface area (Å²) in [6.45, 7) is 10.5. The monoisotopic (exact) mass is 400 g/mol. The molecule has 7 heteroatoms. The molecule has 28 heavy (non-hydrogen) atoms. The van der Waals surface area contributed by atoms with E-state index in [0.717, 1.165) is 54.0 Å². The summed E-state index contributed by atoms with van der Waals surface area (Å²) in [5, 5.41) is 1.19. The second-order valence-corrected chi connectivity index (χ2v) is 8.48. The van der Waals surface area contributed by atoms with Crippen molar-refractivity contribution in [2.75, 3.05) is 38.2 Å². The van der Waals surface area contributed by atoms with Crippen LogP contribution in [0.3, 0.4) is 0 Å². The van der Waals surface area contributed by atoms with Crippen LogP contribution in [-0.2, 0) is 6.54 Å². The maximum atomic E-state index is 13.7. The van der Waals surface area contributed by atoms with Crippen LogP contribution in [0, 0.1) is 26.6 Å². The van der Waals surface area contributed by atoms with Crippen LogP contribution in [0.1, 0.15) is 21.8 Å². The van der Waals surface area contributed by atoms with Gasteiger partial charge in [-0.05, 0) is 44.5 Å². The molecule has 0 saturated carbocycles. The molecule has 0 unspecified atom stereocenters. The number of fused-ring (bicyclic) bond motifs is 1. The van der Waals surface area contributed by atoms with Crippen molar-refractivity contribution < 1.29 is 9.13 Å². The quantitative estimate of drug-likeness (QED) is 0.660. The minimum Gasteiger partial charge on any atom is -0.496 e. The molecule has 0 amide bonds. The largest absolute Gasteiger partial charge is 0.496 e. The zero-order valence-electron chi connectivity index (χ0n) is 16.8. The Morgan fingerprint density at radius 1 is 1.11 bits per heavy atom. The minimum absolute atomic E-state index is 0.225. The van der Waals surface area contributed by atoms with Crippen molar-refractivity contribution in [3.63, 3.8) is 0 Å². The summed E-state index contributed by atoms with van der Waals surface area (Å²) in [4.78, 5) is 16.5. The number of nitrogens with zero attached hydrogens (tertiary/aromatic N) is 4. The number of piperazine rings is 1. The molecule has 1 aliphatic rings. The number of rotatable bonds is 4. The second kappa shape index (κ2) is 7.64. The lowest BCUT2D eigenvalue weighted by Crippen LogP contribution is -2.46. The van der Waals surface area contributed by atoms with E-state index in [0.29, 0.717) is 6.54 Å². The number of aryl methyl sites for hydroxylation is 3. The summed E-state index contributed by atoms with van der Waals surface area (Å²) < 4.78 is 19.0. The van der Waals surface area contributed by atoms with E-state index in [-0.39, 0.29) is 5.82 Å². The molecule has 0 aliphatic carbocycles. The lowest BCUT2D eigenvalue weighted by molar-refractivity contribution is 0.245. The van der Waals surface area contributed by atoms with Crippen LogP contribution in [-0.4, -0.2) is 48.2 Å². The van der Waals surface area contributed by atoms with E-state index in [2.05, 4.69) is 28.6 Å². The Morgan fingerprint density at radius 2 is 1.86 bits per heavy atom. The highest BCUT2D eigenvalue weighted by atomic mass is 32.1. The highest BCUT2D eigenvalue weighted by molar-refractivity contribution is 7.18. The maximum absolute atomic E-state index is 13.7. The third-order valence-electron chi connectivity index (χ3n) is 5.43. The van der Waals surface area contributed by atoms with Gasteiger partial charge in [0.05, 0.1) is 12.5 Å². The number of benzene rings is 1. The number of halogens is 1. The maximum Gasteiger partial charge on any atom is 0.141 e. The zero-order chi connectivity index (χ0) is 19.8. The Bertz CT molecular complexity index is 1010. The van der Waals surface area contributed by atoms with Crippen molar-refractivity contribution in [2.24, 2.45) is 0 Å². The molecule has 3 aromatic rings. The SMILES string of the molecule is COc1ccc(F)cc1CN1CCN(c2nc(C)nc3sc(C)c(C)c23)CC1. The fourth-order valence-electron chi connectivity index (χ4n) is 3.79. The third kappa shape index (κ3) is 3.56. The molecule has 148 valence electrons. The van der Waals surface area contributed by atoms with E-state index < -0.39 is 0 Å². The summed E-state index contributed by atoms with van der Waals surface area (Å²) >= 11 is 1.74. The van der Waals surface area contributed by atoms with Gasteiger partial charge in [0.1, 0.15) is 28.0 Å². The molecule has 1 aliphatic heterocycles. The number of ether oxygens (including phenoxy) is 1. The normalized spacial score (nSPS) is 15.4. The molecular formula is C21H25FN4OS. The van der Waals surface area contributed by atoms with Crippen molar-refractivity contribution >= 4 is 27.4 Å². The Kier molecular flexibility index (Phi) is 5.21. The van der Waals surface area contributed by atoms with Crippen LogP contribution in [0.25, 0.3) is 10.2 Å². The first-order valence-corrected chi connectivity index (χ1v) is 10.3. The van der Waals surface area contributed by atoms with Gasteiger partial charge in [0.15, 0.2) is 0 Å². The lowest BCUT2D eigenvalue weighted by Gasteiger charge is -2.36. The Labute approximate surface area is 168 Å². The van der Waals surface area contributed by atoms with E-state index in [1.54, 1.807) is 30.6 Å². The molecule has 1 fully saturated rings. The van der Waals surface area contributed by atoms with Crippen molar-refractivity contribution in [3.8, 4) is 5.75 Å². The number of hydrogen-bond donors (Lipinski definition) is 0. The Hall–Kier alpha value is -2.25. The molecule has 4 rings (SSSR count). The van der Waals surface area contributed by atoms with Crippen molar-refractivity contribution in [2.45, 2.75) is 27.3 Å². The average Bonchev–Trinajstić information content (AvgIpc) is 2.95. The number of anilines is 1. The molecule has 0 atom stereocenters. The van der Waals surface area contributed by atoms with Gasteiger partial charge in [-0.3, -0.25) is 4.90 Å². The lowest BCUT2D eigenvalue weighted by atomic mass is 10.1. The average molecular weight is 401 g/mol. The second-order valence-electron chi connectivity index (χ2n) is 7.28. The van der Waals surface area contributed by atoms with Gasteiger partial charge in [-0.1, -0.05) is 0 Å². The Balaban J connectivity index is 1.52. The van der Waals surface area contributed by atoms with Gasteiger partial charge in [-0.15, -0.1) is 11.3 Å². The molecule has 0 spiro atoms. The summed E-state index contributed by atoms with van der Waals surface area (Å²) in [6.07, 6.45) is 0. The van der Waals surface area contributed by atoms with E-state index in [9.17, 15) is 4.39 Å². The van der Waals surface area contributed by atoms with Gasteiger partial charge in [-0.25, -0.2) is 14.4 Å². The number of aromatic nitrogens is 2. The number of thiophene rings is 1. The molecule has 2 aromatic heterocycles.